The van der Waals surface area contributed by atoms with Crippen LogP contribution in [0.1, 0.15) is 19.8 Å². The molecule has 1 unspecified atom stereocenters. The molecule has 0 N–H and O–H groups in total. The van der Waals surface area contributed by atoms with Crippen molar-refractivity contribution in [2.75, 3.05) is 13.2 Å². The summed E-state index contributed by atoms with van der Waals surface area (Å²) >= 11 is 0. The minimum Gasteiger partial charge on any atom is -0.463 e. The molecule has 1 aliphatic heterocycles. The molecule has 1 rings (SSSR count). The molecule has 0 spiro atoms. The Hall–Kier alpha value is -0.570. The van der Waals surface area contributed by atoms with Crippen LogP contribution in [0, 0.1) is 0 Å². The highest BCUT2D eigenvalue weighted by Crippen LogP contribution is 2.11. The second-order valence-electron chi connectivity index (χ2n) is 2.44. The highest BCUT2D eigenvalue weighted by Gasteiger charge is 2.15. The van der Waals surface area contributed by atoms with E-state index in [1.165, 1.54) is 6.92 Å². The Balaban J connectivity index is 2.07. The Bertz CT molecular complexity index is 116. The van der Waals surface area contributed by atoms with E-state index in [1.54, 1.807) is 0 Å². The van der Waals surface area contributed by atoms with Crippen LogP contribution in [0.5, 0.6) is 0 Å². The largest absolute Gasteiger partial charge is 0.463 e. The highest BCUT2D eigenvalue weighted by atomic mass is 16.6. The topological polar surface area (TPSA) is 35.5 Å². The first kappa shape index (κ1) is 7.54. The van der Waals surface area contributed by atoms with Crippen molar-refractivity contribution in [2.24, 2.45) is 0 Å². The van der Waals surface area contributed by atoms with Crippen molar-refractivity contribution in [1.29, 1.82) is 0 Å². The van der Waals surface area contributed by atoms with Crippen molar-refractivity contribution in [3.63, 3.8) is 0 Å². The lowest BCUT2D eigenvalue weighted by molar-refractivity contribution is -0.144. The number of carbonyl (C=O) groups is 1. The Labute approximate surface area is 60.3 Å². The van der Waals surface area contributed by atoms with Crippen molar-refractivity contribution in [3.05, 3.63) is 0 Å². The van der Waals surface area contributed by atoms with E-state index in [0.717, 1.165) is 19.4 Å². The van der Waals surface area contributed by atoms with Crippen molar-refractivity contribution in [3.8, 4) is 0 Å². The lowest BCUT2D eigenvalue weighted by atomic mass is 10.2. The molecular formula is C7H12O3. The van der Waals surface area contributed by atoms with Gasteiger partial charge in [-0.2, -0.15) is 0 Å². The molecule has 0 aromatic heterocycles. The lowest BCUT2D eigenvalue weighted by Gasteiger charge is -2.07. The summed E-state index contributed by atoms with van der Waals surface area (Å²) in [6.45, 7) is 2.65. The van der Waals surface area contributed by atoms with Crippen molar-refractivity contribution in [1.82, 2.24) is 0 Å². The number of hydrogen-bond donors (Lipinski definition) is 0. The molecule has 3 heteroatoms. The van der Waals surface area contributed by atoms with Crippen LogP contribution in [0.25, 0.3) is 0 Å². The highest BCUT2D eigenvalue weighted by molar-refractivity contribution is 5.65. The van der Waals surface area contributed by atoms with Crippen molar-refractivity contribution < 1.29 is 14.3 Å². The van der Waals surface area contributed by atoms with E-state index in [1.807, 2.05) is 0 Å². The van der Waals surface area contributed by atoms with Gasteiger partial charge in [-0.25, -0.2) is 0 Å². The quantitative estimate of drug-likeness (QED) is 0.536. The van der Waals surface area contributed by atoms with Crippen LogP contribution in [0.2, 0.25) is 0 Å². The maximum absolute atomic E-state index is 10.3. The SMILES string of the molecule is CC(=O)OCC1CCCO1. The van der Waals surface area contributed by atoms with Gasteiger partial charge < -0.3 is 9.47 Å². The molecule has 0 aromatic rings. The average Bonchev–Trinajstić information content (AvgIpc) is 2.34. The molecule has 1 atom stereocenters. The number of esters is 1. The van der Waals surface area contributed by atoms with Crippen LogP contribution < -0.4 is 0 Å². The van der Waals surface area contributed by atoms with Crippen LogP contribution >= 0.6 is 0 Å². The first-order chi connectivity index (χ1) is 4.79. The number of ether oxygens (including phenoxy) is 2. The Morgan fingerprint density at radius 2 is 2.60 bits per heavy atom. The van der Waals surface area contributed by atoms with Gasteiger partial charge in [0.2, 0.25) is 0 Å². The molecule has 1 fully saturated rings. The van der Waals surface area contributed by atoms with Crippen LogP contribution in [0.4, 0.5) is 0 Å². The van der Waals surface area contributed by atoms with E-state index in [9.17, 15) is 4.79 Å². The summed E-state index contributed by atoms with van der Waals surface area (Å²) in [5, 5.41) is 0. The predicted octanol–water partition coefficient (Wildman–Crippen LogP) is 0.728. The third-order valence-corrected chi connectivity index (χ3v) is 1.50. The molecule has 3 nitrogen and oxygen atoms in total. The second-order valence-corrected chi connectivity index (χ2v) is 2.44. The van der Waals surface area contributed by atoms with Gasteiger partial charge in [-0.3, -0.25) is 4.79 Å². The fourth-order valence-corrected chi connectivity index (χ4v) is 0.986. The molecular weight excluding hydrogens is 132 g/mol. The second kappa shape index (κ2) is 3.56. The van der Waals surface area contributed by atoms with Gasteiger partial charge in [-0.1, -0.05) is 0 Å². The van der Waals surface area contributed by atoms with Gasteiger partial charge in [0.15, 0.2) is 0 Å². The zero-order chi connectivity index (χ0) is 7.40. The molecule has 10 heavy (non-hydrogen) atoms. The Morgan fingerprint density at radius 1 is 1.80 bits per heavy atom. The lowest BCUT2D eigenvalue weighted by Crippen LogP contribution is -2.15. The van der Waals surface area contributed by atoms with Gasteiger partial charge in [0.25, 0.3) is 0 Å². The van der Waals surface area contributed by atoms with Crippen molar-refractivity contribution >= 4 is 5.97 Å². The summed E-state index contributed by atoms with van der Waals surface area (Å²) in [7, 11) is 0. The van der Waals surface area contributed by atoms with E-state index >= 15 is 0 Å². The third kappa shape index (κ3) is 2.35. The van der Waals surface area contributed by atoms with Crippen LogP contribution in [0.15, 0.2) is 0 Å². The third-order valence-electron chi connectivity index (χ3n) is 1.50. The van der Waals surface area contributed by atoms with Crippen molar-refractivity contribution in [2.45, 2.75) is 25.9 Å². The number of hydrogen-bond acceptors (Lipinski definition) is 3. The maximum atomic E-state index is 10.3. The fraction of sp³-hybridized carbons (Fsp3) is 0.857. The minimum atomic E-state index is -0.226. The van der Waals surface area contributed by atoms with Crippen LogP contribution in [-0.4, -0.2) is 25.3 Å². The van der Waals surface area contributed by atoms with Gasteiger partial charge in [0.1, 0.15) is 6.61 Å². The van der Waals surface area contributed by atoms with Crippen LogP contribution in [-0.2, 0) is 14.3 Å². The Morgan fingerprint density at radius 3 is 3.10 bits per heavy atom. The molecule has 0 bridgehead atoms. The van der Waals surface area contributed by atoms with Gasteiger partial charge >= 0.3 is 5.97 Å². The summed E-state index contributed by atoms with van der Waals surface area (Å²) < 4.78 is 9.99. The molecule has 0 saturated carbocycles. The van der Waals surface area contributed by atoms with Crippen LogP contribution in [0.3, 0.4) is 0 Å². The van der Waals surface area contributed by atoms with Gasteiger partial charge in [-0.15, -0.1) is 0 Å². The van der Waals surface area contributed by atoms with E-state index in [2.05, 4.69) is 0 Å². The summed E-state index contributed by atoms with van der Waals surface area (Å²) in [4.78, 5) is 10.3. The first-order valence-electron chi connectivity index (χ1n) is 3.54. The predicted molar refractivity (Wildman–Crippen MR) is 35.6 cm³/mol. The number of carbonyl (C=O) groups excluding carboxylic acids is 1. The van der Waals surface area contributed by atoms with E-state index < -0.39 is 0 Å². The van der Waals surface area contributed by atoms with Gasteiger partial charge in [0.05, 0.1) is 6.10 Å². The summed E-state index contributed by atoms with van der Waals surface area (Å²) in [5.74, 6) is -0.226. The normalized spacial score (nSPS) is 24.7. The first-order valence-corrected chi connectivity index (χ1v) is 3.54. The molecule has 0 aromatic carbocycles. The van der Waals surface area contributed by atoms with E-state index in [4.69, 9.17) is 9.47 Å². The van der Waals surface area contributed by atoms with Gasteiger partial charge in [0, 0.05) is 13.5 Å². The molecule has 0 radical (unpaired) electrons. The summed E-state index contributed by atoms with van der Waals surface area (Å²) in [6, 6.07) is 0. The summed E-state index contributed by atoms with van der Waals surface area (Å²) in [5.41, 5.74) is 0. The molecule has 0 amide bonds. The molecule has 1 heterocycles. The van der Waals surface area contributed by atoms with E-state index in [-0.39, 0.29) is 12.1 Å². The fourth-order valence-electron chi connectivity index (χ4n) is 0.986. The summed E-state index contributed by atoms with van der Waals surface area (Å²) in [6.07, 6.45) is 2.27. The average molecular weight is 144 g/mol. The smallest absolute Gasteiger partial charge is 0.302 e. The zero-order valence-electron chi connectivity index (χ0n) is 6.13. The molecule has 0 aliphatic carbocycles. The maximum Gasteiger partial charge on any atom is 0.302 e. The standard InChI is InChI=1S/C7H12O3/c1-6(8)10-5-7-3-2-4-9-7/h7H,2-5H2,1H3. The molecule has 1 aliphatic rings. The monoisotopic (exact) mass is 144 g/mol. The van der Waals surface area contributed by atoms with E-state index in [0.29, 0.717) is 6.61 Å². The zero-order valence-corrected chi connectivity index (χ0v) is 6.13. The molecule has 1 saturated heterocycles. The minimum absolute atomic E-state index is 0.156. The Kier molecular flexibility index (Phi) is 2.68. The molecule has 58 valence electrons. The number of rotatable bonds is 2. The van der Waals surface area contributed by atoms with Gasteiger partial charge in [-0.05, 0) is 12.8 Å².